The highest BCUT2D eigenvalue weighted by molar-refractivity contribution is 8.26. The minimum Gasteiger partial charge on any atom is -0.376 e. The highest BCUT2D eigenvalue weighted by atomic mass is 32.2. The van der Waals surface area contributed by atoms with Crippen LogP contribution in [0.4, 0.5) is 5.82 Å². The lowest BCUT2D eigenvalue weighted by Gasteiger charge is -2.20. The zero-order valence-corrected chi connectivity index (χ0v) is 19.0. The van der Waals surface area contributed by atoms with E-state index in [1.165, 1.54) is 11.8 Å². The number of nitrogens with zero attached hydrogens (tertiary/aromatic N) is 4. The molecule has 1 unspecified atom stereocenters. The average molecular weight is 457 g/mol. The number of carbonyl (C=O) groups is 1. The Morgan fingerprint density at radius 3 is 2.81 bits per heavy atom. The first-order valence-corrected chi connectivity index (χ1v) is 11.9. The van der Waals surface area contributed by atoms with Crippen molar-refractivity contribution in [3.05, 3.63) is 44.7 Å². The number of hydrogen-bond acceptors (Lipinski definition) is 7. The Kier molecular flexibility index (Phi) is 5.58. The molecule has 1 amide bonds. The van der Waals surface area contributed by atoms with Gasteiger partial charge in [0.25, 0.3) is 11.5 Å². The number of pyridine rings is 1. The molecular weight excluding hydrogens is 432 g/mol. The summed E-state index contributed by atoms with van der Waals surface area (Å²) in [6, 6.07) is 3.81. The number of carbonyl (C=O) groups excluding carboxylic acids is 1. The molecule has 0 aliphatic carbocycles. The lowest BCUT2D eigenvalue weighted by atomic mass is 10.2. The predicted molar refractivity (Wildman–Crippen MR) is 126 cm³/mol. The Labute approximate surface area is 190 Å². The van der Waals surface area contributed by atoms with E-state index in [0.717, 1.165) is 50.9 Å². The van der Waals surface area contributed by atoms with E-state index >= 15 is 0 Å². The fraction of sp³-hybridized carbons (Fsp3) is 0.455. The van der Waals surface area contributed by atoms with Crippen LogP contribution >= 0.6 is 24.0 Å². The van der Waals surface area contributed by atoms with E-state index in [9.17, 15) is 9.59 Å². The Morgan fingerprint density at radius 2 is 2.06 bits per heavy atom. The van der Waals surface area contributed by atoms with Gasteiger partial charge in [0.1, 0.15) is 15.8 Å². The van der Waals surface area contributed by atoms with Crippen molar-refractivity contribution < 1.29 is 9.53 Å². The summed E-state index contributed by atoms with van der Waals surface area (Å²) in [4.78, 5) is 35.6. The number of thioether (sulfide) groups is 1. The summed E-state index contributed by atoms with van der Waals surface area (Å²) in [7, 11) is 0. The summed E-state index contributed by atoms with van der Waals surface area (Å²) >= 11 is 6.72. The maximum absolute atomic E-state index is 13.5. The Balaban J connectivity index is 1.57. The van der Waals surface area contributed by atoms with Crippen LogP contribution in [0.2, 0.25) is 0 Å². The molecule has 3 aliphatic heterocycles. The van der Waals surface area contributed by atoms with Crippen LogP contribution in [0.1, 0.15) is 36.8 Å². The molecule has 0 spiro atoms. The van der Waals surface area contributed by atoms with Crippen molar-refractivity contribution in [3.8, 4) is 0 Å². The molecule has 0 N–H and O–H groups in total. The fourth-order valence-corrected chi connectivity index (χ4v) is 5.58. The van der Waals surface area contributed by atoms with Crippen LogP contribution < -0.4 is 10.5 Å². The molecule has 0 saturated carbocycles. The van der Waals surface area contributed by atoms with Crippen molar-refractivity contribution in [2.24, 2.45) is 0 Å². The van der Waals surface area contributed by atoms with Crippen LogP contribution in [-0.2, 0) is 9.53 Å². The summed E-state index contributed by atoms with van der Waals surface area (Å²) in [5.41, 5.74) is 1.86. The third-order valence-corrected chi connectivity index (χ3v) is 7.33. The predicted octanol–water partition coefficient (Wildman–Crippen LogP) is 2.98. The number of ether oxygens (including phenoxy) is 1. The maximum Gasteiger partial charge on any atom is 0.267 e. The second kappa shape index (κ2) is 8.37. The number of fused-ring (bicyclic) bond motifs is 1. The molecule has 7 nitrogen and oxygen atoms in total. The fourth-order valence-electron chi connectivity index (χ4n) is 4.32. The third kappa shape index (κ3) is 3.90. The van der Waals surface area contributed by atoms with Gasteiger partial charge in [-0.25, -0.2) is 4.98 Å². The summed E-state index contributed by atoms with van der Waals surface area (Å²) in [5.74, 6) is 0.488. The van der Waals surface area contributed by atoms with Gasteiger partial charge < -0.3 is 9.64 Å². The summed E-state index contributed by atoms with van der Waals surface area (Å²) in [6.45, 7) is 4.85. The lowest BCUT2D eigenvalue weighted by molar-refractivity contribution is -0.123. The number of thiocarbonyl (C=S) groups is 1. The van der Waals surface area contributed by atoms with E-state index < -0.39 is 0 Å². The maximum atomic E-state index is 13.5. The van der Waals surface area contributed by atoms with E-state index in [1.54, 1.807) is 21.6 Å². The van der Waals surface area contributed by atoms with Gasteiger partial charge in [-0.3, -0.25) is 18.9 Å². The highest BCUT2D eigenvalue weighted by Gasteiger charge is 2.35. The first kappa shape index (κ1) is 20.7. The molecular formula is C22H24N4O3S2. The first-order chi connectivity index (χ1) is 15.0. The number of aromatic nitrogens is 2. The van der Waals surface area contributed by atoms with Crippen LogP contribution in [0.3, 0.4) is 0 Å². The van der Waals surface area contributed by atoms with Gasteiger partial charge in [0.15, 0.2) is 0 Å². The highest BCUT2D eigenvalue weighted by Crippen LogP contribution is 2.34. The van der Waals surface area contributed by atoms with Crippen molar-refractivity contribution in [1.29, 1.82) is 0 Å². The standard InChI is InChI=1S/C22H24N4O3S2/c1-14-6-7-18-23-19(24-8-2-3-9-24)16(20(27)25(18)12-14)11-17-21(28)26(22(30)31-17)13-15-5-4-10-29-15/h6-7,11-12,15H,2-5,8-10,13H2,1H3/b17-11+. The Hall–Kier alpha value is -2.23. The smallest absolute Gasteiger partial charge is 0.267 e. The van der Waals surface area contributed by atoms with Gasteiger partial charge in [0.05, 0.1) is 23.1 Å². The van der Waals surface area contributed by atoms with Crippen molar-refractivity contribution >= 4 is 51.7 Å². The Morgan fingerprint density at radius 1 is 1.26 bits per heavy atom. The largest absolute Gasteiger partial charge is 0.376 e. The minimum atomic E-state index is -0.167. The van der Waals surface area contributed by atoms with Crippen molar-refractivity contribution in [1.82, 2.24) is 14.3 Å². The molecule has 31 heavy (non-hydrogen) atoms. The van der Waals surface area contributed by atoms with E-state index in [1.807, 2.05) is 19.1 Å². The van der Waals surface area contributed by atoms with Crippen LogP contribution in [0.5, 0.6) is 0 Å². The summed E-state index contributed by atoms with van der Waals surface area (Å²) in [6.07, 6.45) is 7.58. The van der Waals surface area contributed by atoms with E-state index in [0.29, 0.717) is 32.8 Å². The molecule has 2 aromatic heterocycles. The van der Waals surface area contributed by atoms with Crippen LogP contribution in [0, 0.1) is 6.92 Å². The van der Waals surface area contributed by atoms with Gasteiger partial charge in [0, 0.05) is 25.9 Å². The number of rotatable bonds is 4. The van der Waals surface area contributed by atoms with E-state index in [-0.39, 0.29) is 17.6 Å². The number of anilines is 1. The molecule has 0 radical (unpaired) electrons. The van der Waals surface area contributed by atoms with E-state index in [4.69, 9.17) is 21.9 Å². The molecule has 5 rings (SSSR count). The van der Waals surface area contributed by atoms with Crippen molar-refractivity contribution in [2.45, 2.75) is 38.7 Å². The molecule has 5 heterocycles. The van der Waals surface area contributed by atoms with Gasteiger partial charge in [-0.1, -0.05) is 30.0 Å². The van der Waals surface area contributed by atoms with Crippen molar-refractivity contribution in [3.63, 3.8) is 0 Å². The summed E-state index contributed by atoms with van der Waals surface area (Å²) in [5, 5.41) is 0. The molecule has 1 atom stereocenters. The molecule has 162 valence electrons. The first-order valence-electron chi connectivity index (χ1n) is 10.7. The zero-order chi connectivity index (χ0) is 21.5. The molecule has 0 bridgehead atoms. The minimum absolute atomic E-state index is 0.0259. The zero-order valence-electron chi connectivity index (χ0n) is 17.4. The number of hydrogen-bond donors (Lipinski definition) is 0. The second-order valence-corrected chi connectivity index (χ2v) is 9.89. The molecule has 9 heteroatoms. The van der Waals surface area contributed by atoms with Gasteiger partial charge in [-0.2, -0.15) is 0 Å². The average Bonchev–Trinajstić information content (AvgIpc) is 3.51. The van der Waals surface area contributed by atoms with Crippen LogP contribution in [0.25, 0.3) is 11.7 Å². The molecule has 3 aliphatic rings. The van der Waals surface area contributed by atoms with Gasteiger partial charge in [0.2, 0.25) is 0 Å². The molecule has 3 saturated heterocycles. The topological polar surface area (TPSA) is 67.2 Å². The van der Waals surface area contributed by atoms with E-state index in [2.05, 4.69) is 4.90 Å². The lowest BCUT2D eigenvalue weighted by Crippen LogP contribution is -2.35. The third-order valence-electron chi connectivity index (χ3n) is 5.95. The number of amides is 1. The number of aryl methyl sites for hydroxylation is 1. The van der Waals surface area contributed by atoms with Gasteiger partial charge in [-0.15, -0.1) is 0 Å². The molecule has 0 aromatic carbocycles. The molecule has 3 fully saturated rings. The molecule has 2 aromatic rings. The second-order valence-electron chi connectivity index (χ2n) is 8.21. The quantitative estimate of drug-likeness (QED) is 0.518. The van der Waals surface area contributed by atoms with Gasteiger partial charge >= 0.3 is 0 Å². The normalized spacial score (nSPS) is 23.1. The Bertz CT molecular complexity index is 1150. The van der Waals surface area contributed by atoms with Gasteiger partial charge in [-0.05, 0) is 50.3 Å². The SMILES string of the molecule is Cc1ccc2nc(N3CCCC3)c(/C=C3/SC(=S)N(CC4CCCO4)C3=O)c(=O)n2c1. The van der Waals surface area contributed by atoms with Crippen molar-refractivity contribution in [2.75, 3.05) is 31.1 Å². The summed E-state index contributed by atoms with van der Waals surface area (Å²) < 4.78 is 7.75. The monoisotopic (exact) mass is 456 g/mol. The van der Waals surface area contributed by atoms with Crippen LogP contribution in [-0.4, -0.2) is 56.9 Å². The van der Waals surface area contributed by atoms with Crippen LogP contribution in [0.15, 0.2) is 28.0 Å².